The third kappa shape index (κ3) is 7.05. The van der Waals surface area contributed by atoms with E-state index in [1.54, 1.807) is 14.2 Å². The van der Waals surface area contributed by atoms with E-state index in [1.165, 1.54) is 11.3 Å². The van der Waals surface area contributed by atoms with Gasteiger partial charge < -0.3 is 25.4 Å². The number of anilines is 1. The molecular formula is C25H37N5O2. The zero-order chi connectivity index (χ0) is 22.8. The van der Waals surface area contributed by atoms with Crippen LogP contribution in [0.3, 0.4) is 0 Å². The number of aryl methyl sites for hydroxylation is 1. The van der Waals surface area contributed by atoms with Crippen LogP contribution in [0.2, 0.25) is 0 Å². The SMILES string of the molecule is COc1ccc(CN=C(N)NCCCCN2CCN(c3cccc(C)c3)CC2)cc1OC. The first-order valence-electron chi connectivity index (χ1n) is 11.4. The summed E-state index contributed by atoms with van der Waals surface area (Å²) in [5, 5.41) is 3.22. The largest absolute Gasteiger partial charge is 0.493 e. The molecule has 0 atom stereocenters. The van der Waals surface area contributed by atoms with Gasteiger partial charge in [-0.1, -0.05) is 18.2 Å². The molecule has 0 radical (unpaired) electrons. The van der Waals surface area contributed by atoms with Gasteiger partial charge in [0.05, 0.1) is 20.8 Å². The molecule has 0 aromatic heterocycles. The van der Waals surface area contributed by atoms with Gasteiger partial charge in [0.1, 0.15) is 0 Å². The van der Waals surface area contributed by atoms with Gasteiger partial charge in [0.25, 0.3) is 0 Å². The van der Waals surface area contributed by atoms with Crippen molar-refractivity contribution in [3.63, 3.8) is 0 Å². The maximum absolute atomic E-state index is 6.02. The number of methoxy groups -OCH3 is 2. The average Bonchev–Trinajstić information content (AvgIpc) is 2.82. The number of ether oxygens (including phenoxy) is 2. The molecule has 7 heteroatoms. The van der Waals surface area contributed by atoms with Gasteiger partial charge in [-0.3, -0.25) is 4.90 Å². The smallest absolute Gasteiger partial charge is 0.188 e. The van der Waals surface area contributed by atoms with E-state index in [2.05, 4.69) is 51.3 Å². The van der Waals surface area contributed by atoms with Crippen LogP contribution in [0.4, 0.5) is 5.69 Å². The van der Waals surface area contributed by atoms with Gasteiger partial charge in [0.15, 0.2) is 17.5 Å². The Morgan fingerprint density at radius 1 is 1.00 bits per heavy atom. The summed E-state index contributed by atoms with van der Waals surface area (Å²) in [6, 6.07) is 14.6. The van der Waals surface area contributed by atoms with Gasteiger partial charge >= 0.3 is 0 Å². The van der Waals surface area contributed by atoms with Gasteiger partial charge in [0.2, 0.25) is 0 Å². The number of guanidine groups is 1. The van der Waals surface area contributed by atoms with Gasteiger partial charge in [-0.15, -0.1) is 0 Å². The fraction of sp³-hybridized carbons (Fsp3) is 0.480. The summed E-state index contributed by atoms with van der Waals surface area (Å²) in [4.78, 5) is 9.47. The van der Waals surface area contributed by atoms with E-state index in [9.17, 15) is 0 Å². The van der Waals surface area contributed by atoms with Crippen LogP contribution in [-0.4, -0.2) is 64.3 Å². The normalized spacial score (nSPS) is 15.0. The summed E-state index contributed by atoms with van der Waals surface area (Å²) in [6.07, 6.45) is 2.23. The summed E-state index contributed by atoms with van der Waals surface area (Å²) >= 11 is 0. The van der Waals surface area contributed by atoms with Crippen LogP contribution in [0.25, 0.3) is 0 Å². The molecular weight excluding hydrogens is 402 g/mol. The Hall–Kier alpha value is -2.93. The van der Waals surface area contributed by atoms with Crippen molar-refractivity contribution in [3.8, 4) is 11.5 Å². The van der Waals surface area contributed by atoms with E-state index < -0.39 is 0 Å². The first-order valence-corrected chi connectivity index (χ1v) is 11.4. The van der Waals surface area contributed by atoms with Gasteiger partial charge in [-0.05, 0) is 61.7 Å². The fourth-order valence-corrected chi connectivity index (χ4v) is 3.94. The van der Waals surface area contributed by atoms with Crippen LogP contribution in [0.1, 0.15) is 24.0 Å². The Kier molecular flexibility index (Phi) is 9.04. The molecule has 0 spiro atoms. The summed E-state index contributed by atoms with van der Waals surface area (Å²) in [6.45, 7) is 9.06. The zero-order valence-corrected chi connectivity index (χ0v) is 19.6. The average molecular weight is 440 g/mol. The van der Waals surface area contributed by atoms with Crippen molar-refractivity contribution in [2.24, 2.45) is 10.7 Å². The van der Waals surface area contributed by atoms with Crippen molar-refractivity contribution < 1.29 is 9.47 Å². The quantitative estimate of drug-likeness (QED) is 0.337. The number of rotatable bonds is 10. The zero-order valence-electron chi connectivity index (χ0n) is 19.6. The third-order valence-electron chi connectivity index (χ3n) is 5.83. The van der Waals surface area contributed by atoms with E-state index in [4.69, 9.17) is 15.2 Å². The van der Waals surface area contributed by atoms with Crippen LogP contribution >= 0.6 is 0 Å². The van der Waals surface area contributed by atoms with Gasteiger partial charge in [-0.2, -0.15) is 0 Å². The first-order chi connectivity index (χ1) is 15.6. The van der Waals surface area contributed by atoms with Crippen molar-refractivity contribution in [1.82, 2.24) is 10.2 Å². The number of hydrogen-bond acceptors (Lipinski definition) is 5. The second kappa shape index (κ2) is 12.2. The van der Waals surface area contributed by atoms with Crippen molar-refractivity contribution in [2.45, 2.75) is 26.3 Å². The number of nitrogens with one attached hydrogen (secondary N) is 1. The monoisotopic (exact) mass is 439 g/mol. The van der Waals surface area contributed by atoms with Crippen molar-refractivity contribution in [3.05, 3.63) is 53.6 Å². The van der Waals surface area contributed by atoms with E-state index in [1.807, 2.05) is 18.2 Å². The fourth-order valence-electron chi connectivity index (χ4n) is 3.94. The molecule has 2 aromatic carbocycles. The lowest BCUT2D eigenvalue weighted by atomic mass is 10.2. The van der Waals surface area contributed by atoms with E-state index >= 15 is 0 Å². The standard InChI is InChI=1S/C25H37N5O2/c1-20-7-6-8-22(17-20)30-15-13-29(14-16-30)12-5-4-11-27-25(26)28-19-21-9-10-23(31-2)24(18-21)32-3/h6-10,17-18H,4-5,11-16,19H2,1-3H3,(H3,26,27,28). The second-order valence-electron chi connectivity index (χ2n) is 8.19. The van der Waals surface area contributed by atoms with Crippen molar-refractivity contribution >= 4 is 11.6 Å². The molecule has 1 aliphatic rings. The Balaban J connectivity index is 1.30. The van der Waals surface area contributed by atoms with Gasteiger partial charge in [-0.25, -0.2) is 4.99 Å². The third-order valence-corrected chi connectivity index (χ3v) is 5.83. The number of benzene rings is 2. The summed E-state index contributed by atoms with van der Waals surface area (Å²) in [5.74, 6) is 1.89. The lowest BCUT2D eigenvalue weighted by Crippen LogP contribution is -2.46. The highest BCUT2D eigenvalue weighted by molar-refractivity contribution is 5.77. The van der Waals surface area contributed by atoms with Crippen molar-refractivity contribution in [1.29, 1.82) is 0 Å². The minimum Gasteiger partial charge on any atom is -0.493 e. The highest BCUT2D eigenvalue weighted by Crippen LogP contribution is 2.27. The molecule has 0 bridgehead atoms. The molecule has 0 amide bonds. The number of nitrogens with two attached hydrogens (primary N) is 1. The first kappa shape index (κ1) is 23.7. The second-order valence-corrected chi connectivity index (χ2v) is 8.19. The molecule has 0 unspecified atom stereocenters. The van der Waals surface area contributed by atoms with E-state index in [0.29, 0.717) is 24.0 Å². The molecule has 1 fully saturated rings. The topological polar surface area (TPSA) is 75.4 Å². The van der Waals surface area contributed by atoms with Crippen LogP contribution in [0.5, 0.6) is 11.5 Å². The minimum atomic E-state index is 0.478. The molecule has 0 aliphatic carbocycles. The van der Waals surface area contributed by atoms with Crippen molar-refractivity contribution in [2.75, 3.05) is 58.4 Å². The summed E-state index contributed by atoms with van der Waals surface area (Å²) in [7, 11) is 3.26. The van der Waals surface area contributed by atoms with Gasteiger partial charge in [0, 0.05) is 38.4 Å². The molecule has 174 valence electrons. The Morgan fingerprint density at radius 3 is 2.50 bits per heavy atom. The maximum Gasteiger partial charge on any atom is 0.188 e. The molecule has 0 saturated carbocycles. The number of aliphatic imine (C=N–C) groups is 1. The summed E-state index contributed by atoms with van der Waals surface area (Å²) in [5.41, 5.74) is 9.71. The minimum absolute atomic E-state index is 0.478. The number of hydrogen-bond donors (Lipinski definition) is 2. The molecule has 32 heavy (non-hydrogen) atoms. The Morgan fingerprint density at radius 2 is 1.78 bits per heavy atom. The number of unbranched alkanes of at least 4 members (excludes halogenated alkanes) is 1. The van der Waals surface area contributed by atoms with Crippen LogP contribution in [-0.2, 0) is 6.54 Å². The molecule has 1 aliphatic heterocycles. The highest BCUT2D eigenvalue weighted by atomic mass is 16.5. The number of piperazine rings is 1. The van der Waals surface area contributed by atoms with Crippen LogP contribution in [0, 0.1) is 6.92 Å². The van der Waals surface area contributed by atoms with E-state index in [-0.39, 0.29) is 0 Å². The highest BCUT2D eigenvalue weighted by Gasteiger charge is 2.16. The molecule has 7 nitrogen and oxygen atoms in total. The molecule has 1 saturated heterocycles. The van der Waals surface area contributed by atoms with Crippen LogP contribution in [0.15, 0.2) is 47.5 Å². The lowest BCUT2D eigenvalue weighted by molar-refractivity contribution is 0.253. The maximum atomic E-state index is 6.02. The van der Waals surface area contributed by atoms with E-state index in [0.717, 1.165) is 57.7 Å². The Labute approximate surface area is 192 Å². The predicted molar refractivity (Wildman–Crippen MR) is 132 cm³/mol. The molecule has 3 N–H and O–H groups in total. The molecule has 2 aromatic rings. The lowest BCUT2D eigenvalue weighted by Gasteiger charge is -2.36. The summed E-state index contributed by atoms with van der Waals surface area (Å²) < 4.78 is 10.6. The predicted octanol–water partition coefficient (Wildman–Crippen LogP) is 3.02. The Bertz CT molecular complexity index is 878. The number of nitrogens with zero attached hydrogens (tertiary/aromatic N) is 3. The molecule has 1 heterocycles. The van der Waals surface area contributed by atoms with Crippen LogP contribution < -0.4 is 25.4 Å². The molecule has 3 rings (SSSR count).